The number of unbranched alkanes of at least 4 members (excludes halogenated alkanes) is 1. The number of hydrogen-bond acceptors (Lipinski definition) is 2. The zero-order valence-corrected chi connectivity index (χ0v) is 7.89. The van der Waals surface area contributed by atoms with Crippen molar-refractivity contribution in [1.29, 1.82) is 0 Å². The van der Waals surface area contributed by atoms with Crippen molar-refractivity contribution in [3.05, 3.63) is 30.6 Å². The van der Waals surface area contributed by atoms with E-state index in [9.17, 15) is 4.79 Å². The Hall–Kier alpha value is -1.64. The zero-order valence-electron chi connectivity index (χ0n) is 7.89. The van der Waals surface area contributed by atoms with Gasteiger partial charge in [0.2, 0.25) is 0 Å². The average Bonchev–Trinajstić information content (AvgIpc) is 2.63. The molecule has 0 N–H and O–H groups in total. The summed E-state index contributed by atoms with van der Waals surface area (Å²) in [5.74, 6) is 0. The van der Waals surface area contributed by atoms with Gasteiger partial charge in [-0.2, -0.15) is 0 Å². The first-order chi connectivity index (χ1) is 6.92. The molecule has 14 heavy (non-hydrogen) atoms. The minimum Gasteiger partial charge on any atom is -0.331 e. The highest BCUT2D eigenvalue weighted by Gasteiger charge is 1.99. The van der Waals surface area contributed by atoms with E-state index in [2.05, 4.69) is 9.55 Å². The SMILES string of the molecule is O=CCCCn1cnc2ccccc21. The summed E-state index contributed by atoms with van der Waals surface area (Å²) >= 11 is 0. The van der Waals surface area contributed by atoms with E-state index in [1.807, 2.05) is 30.6 Å². The average molecular weight is 188 g/mol. The molecule has 0 saturated carbocycles. The molecule has 0 atom stereocenters. The molecule has 0 saturated heterocycles. The third-order valence-corrected chi connectivity index (χ3v) is 2.25. The van der Waals surface area contributed by atoms with Crippen molar-refractivity contribution in [3.63, 3.8) is 0 Å². The maximum atomic E-state index is 10.2. The lowest BCUT2D eigenvalue weighted by Crippen LogP contribution is -1.95. The molecule has 0 aliphatic heterocycles. The molecule has 0 radical (unpaired) electrons. The summed E-state index contributed by atoms with van der Waals surface area (Å²) in [5.41, 5.74) is 2.15. The van der Waals surface area contributed by atoms with Gasteiger partial charge < -0.3 is 9.36 Å². The van der Waals surface area contributed by atoms with Crippen LogP contribution in [0.1, 0.15) is 12.8 Å². The molecule has 72 valence electrons. The molecule has 1 aromatic heterocycles. The Balaban J connectivity index is 2.20. The van der Waals surface area contributed by atoms with E-state index < -0.39 is 0 Å². The number of imidazole rings is 1. The van der Waals surface area contributed by atoms with E-state index >= 15 is 0 Å². The smallest absolute Gasteiger partial charge is 0.120 e. The van der Waals surface area contributed by atoms with E-state index in [0.717, 1.165) is 30.3 Å². The van der Waals surface area contributed by atoms with Crippen LogP contribution in [0.15, 0.2) is 30.6 Å². The van der Waals surface area contributed by atoms with Crippen molar-refractivity contribution in [1.82, 2.24) is 9.55 Å². The van der Waals surface area contributed by atoms with Crippen LogP contribution in [-0.2, 0) is 11.3 Å². The molecule has 0 aliphatic rings. The van der Waals surface area contributed by atoms with Crippen LogP contribution in [-0.4, -0.2) is 15.8 Å². The standard InChI is InChI=1S/C11H12N2O/c14-8-4-3-7-13-9-12-10-5-1-2-6-11(10)13/h1-2,5-6,8-9H,3-4,7H2. The van der Waals surface area contributed by atoms with E-state index in [0.29, 0.717) is 6.42 Å². The van der Waals surface area contributed by atoms with Crippen molar-refractivity contribution < 1.29 is 4.79 Å². The number of nitrogens with zero attached hydrogens (tertiary/aromatic N) is 2. The van der Waals surface area contributed by atoms with Gasteiger partial charge in [-0.3, -0.25) is 0 Å². The Labute approximate surface area is 82.4 Å². The monoisotopic (exact) mass is 188 g/mol. The number of benzene rings is 1. The first-order valence-corrected chi connectivity index (χ1v) is 4.75. The summed E-state index contributed by atoms with van der Waals surface area (Å²) < 4.78 is 2.08. The predicted molar refractivity (Wildman–Crippen MR) is 55.0 cm³/mol. The van der Waals surface area contributed by atoms with Crippen molar-refractivity contribution in [2.24, 2.45) is 0 Å². The molecule has 0 aliphatic carbocycles. The second kappa shape index (κ2) is 4.05. The topological polar surface area (TPSA) is 34.9 Å². The lowest BCUT2D eigenvalue weighted by Gasteiger charge is -2.00. The van der Waals surface area contributed by atoms with Crippen molar-refractivity contribution in [3.8, 4) is 0 Å². The van der Waals surface area contributed by atoms with Gasteiger partial charge in [-0.05, 0) is 18.6 Å². The molecule has 0 bridgehead atoms. The van der Waals surface area contributed by atoms with Gasteiger partial charge in [0.05, 0.1) is 17.4 Å². The summed E-state index contributed by atoms with van der Waals surface area (Å²) in [5, 5.41) is 0. The van der Waals surface area contributed by atoms with Crippen LogP contribution in [0.2, 0.25) is 0 Å². The van der Waals surface area contributed by atoms with Gasteiger partial charge in [0.15, 0.2) is 0 Å². The van der Waals surface area contributed by atoms with E-state index in [4.69, 9.17) is 0 Å². The number of carbonyl (C=O) groups is 1. The summed E-state index contributed by atoms with van der Waals surface area (Å²) in [6.07, 6.45) is 4.28. The fraction of sp³-hybridized carbons (Fsp3) is 0.273. The Bertz CT molecular complexity index is 434. The largest absolute Gasteiger partial charge is 0.331 e. The molecule has 1 aromatic carbocycles. The second-order valence-electron chi connectivity index (χ2n) is 3.24. The summed E-state index contributed by atoms with van der Waals surface area (Å²) in [4.78, 5) is 14.4. The number of aromatic nitrogens is 2. The quantitative estimate of drug-likeness (QED) is 0.543. The number of hydrogen-bond donors (Lipinski definition) is 0. The lowest BCUT2D eigenvalue weighted by molar-refractivity contribution is -0.107. The molecule has 0 amide bonds. The first-order valence-electron chi connectivity index (χ1n) is 4.75. The van der Waals surface area contributed by atoms with Gasteiger partial charge in [0.25, 0.3) is 0 Å². The molecule has 2 aromatic rings. The van der Waals surface area contributed by atoms with Crippen LogP contribution >= 0.6 is 0 Å². The third kappa shape index (κ3) is 1.66. The third-order valence-electron chi connectivity index (χ3n) is 2.25. The molecular formula is C11H12N2O. The summed E-state index contributed by atoms with van der Waals surface area (Å²) in [7, 11) is 0. The maximum absolute atomic E-state index is 10.2. The van der Waals surface area contributed by atoms with Gasteiger partial charge in [-0.1, -0.05) is 12.1 Å². The highest BCUT2D eigenvalue weighted by Crippen LogP contribution is 2.12. The highest BCUT2D eigenvalue weighted by molar-refractivity contribution is 5.74. The Morgan fingerprint density at radius 2 is 2.21 bits per heavy atom. The van der Waals surface area contributed by atoms with Gasteiger partial charge in [-0.15, -0.1) is 0 Å². The fourth-order valence-electron chi connectivity index (χ4n) is 1.53. The summed E-state index contributed by atoms with van der Waals surface area (Å²) in [6.45, 7) is 0.860. The van der Waals surface area contributed by atoms with Gasteiger partial charge >= 0.3 is 0 Å². The normalized spacial score (nSPS) is 10.6. The van der Waals surface area contributed by atoms with Crippen LogP contribution in [0.4, 0.5) is 0 Å². The Morgan fingerprint density at radius 1 is 1.36 bits per heavy atom. The van der Waals surface area contributed by atoms with Crippen molar-refractivity contribution in [2.45, 2.75) is 19.4 Å². The number of fused-ring (bicyclic) bond motifs is 1. The van der Waals surface area contributed by atoms with Crippen LogP contribution in [0, 0.1) is 0 Å². The lowest BCUT2D eigenvalue weighted by atomic mass is 10.3. The van der Waals surface area contributed by atoms with Crippen LogP contribution in [0.25, 0.3) is 11.0 Å². The van der Waals surface area contributed by atoms with Crippen molar-refractivity contribution >= 4 is 17.3 Å². The molecule has 0 unspecified atom stereocenters. The molecule has 3 heteroatoms. The number of para-hydroxylation sites is 2. The minimum absolute atomic E-state index is 0.618. The molecule has 2 rings (SSSR count). The maximum Gasteiger partial charge on any atom is 0.120 e. The predicted octanol–water partition coefficient (Wildman–Crippen LogP) is 2.02. The number of carbonyl (C=O) groups excluding carboxylic acids is 1. The first kappa shape index (κ1) is 8.94. The van der Waals surface area contributed by atoms with E-state index in [1.165, 1.54) is 0 Å². The number of rotatable bonds is 4. The van der Waals surface area contributed by atoms with Crippen LogP contribution < -0.4 is 0 Å². The van der Waals surface area contributed by atoms with E-state index in [1.54, 1.807) is 0 Å². The van der Waals surface area contributed by atoms with Crippen molar-refractivity contribution in [2.75, 3.05) is 0 Å². The second-order valence-corrected chi connectivity index (χ2v) is 3.24. The molecule has 3 nitrogen and oxygen atoms in total. The van der Waals surface area contributed by atoms with Gasteiger partial charge in [0, 0.05) is 13.0 Å². The van der Waals surface area contributed by atoms with Crippen LogP contribution in [0.5, 0.6) is 0 Å². The zero-order chi connectivity index (χ0) is 9.80. The van der Waals surface area contributed by atoms with Crippen LogP contribution in [0.3, 0.4) is 0 Å². The van der Waals surface area contributed by atoms with Gasteiger partial charge in [-0.25, -0.2) is 4.98 Å². The molecule has 0 spiro atoms. The molecule has 0 fully saturated rings. The molecular weight excluding hydrogens is 176 g/mol. The summed E-state index contributed by atoms with van der Waals surface area (Å²) in [6, 6.07) is 8.01. The number of aldehydes is 1. The minimum atomic E-state index is 0.618. The van der Waals surface area contributed by atoms with E-state index in [-0.39, 0.29) is 0 Å². The van der Waals surface area contributed by atoms with Gasteiger partial charge in [0.1, 0.15) is 6.29 Å². The Kier molecular flexibility index (Phi) is 2.58. The number of aryl methyl sites for hydroxylation is 1. The highest BCUT2D eigenvalue weighted by atomic mass is 16.1. The molecule has 1 heterocycles. The fourth-order valence-corrected chi connectivity index (χ4v) is 1.53. The Morgan fingerprint density at radius 3 is 3.07 bits per heavy atom.